The van der Waals surface area contributed by atoms with Crippen LogP contribution in [0.1, 0.15) is 35.5 Å². The topological polar surface area (TPSA) is 90.5 Å². The maximum Gasteiger partial charge on any atom is 0.323 e. The van der Waals surface area contributed by atoms with Crippen molar-refractivity contribution in [2.24, 2.45) is 5.92 Å². The van der Waals surface area contributed by atoms with Gasteiger partial charge >= 0.3 is 5.97 Å². The van der Waals surface area contributed by atoms with E-state index in [1.54, 1.807) is 19.9 Å². The van der Waals surface area contributed by atoms with Gasteiger partial charge in [-0.2, -0.15) is 0 Å². The maximum atomic E-state index is 12.4. The third-order valence-corrected chi connectivity index (χ3v) is 2.78. The fourth-order valence-corrected chi connectivity index (χ4v) is 2.10. The number of H-pyrrole nitrogens is 1. The van der Waals surface area contributed by atoms with E-state index in [0.717, 1.165) is 0 Å². The average molecular weight is 280 g/mol. The second-order valence-corrected chi connectivity index (χ2v) is 5.31. The summed E-state index contributed by atoms with van der Waals surface area (Å²) in [6.45, 7) is 7.04. The lowest BCUT2D eigenvalue weighted by atomic mass is 10.1. The molecule has 0 radical (unpaired) electrons. The molecule has 0 spiro atoms. The Bertz CT molecular complexity index is 575. The van der Waals surface area contributed by atoms with Gasteiger partial charge in [0.25, 0.3) is 11.5 Å². The molecule has 1 rings (SSSR count). The standard InChI is InChI=1S/C14H20N2O4/c1-8(2)6-16(7-11(17)18)14(20)12-9(3)5-10(4)15-13(12)19/h5,8H,6-7H2,1-4H3,(H,15,19)(H,17,18). The van der Waals surface area contributed by atoms with Gasteiger partial charge in [-0.3, -0.25) is 14.4 Å². The molecule has 20 heavy (non-hydrogen) atoms. The first-order valence-corrected chi connectivity index (χ1v) is 6.44. The molecule has 0 bridgehead atoms. The number of aromatic amines is 1. The number of carboxylic acids is 1. The second-order valence-electron chi connectivity index (χ2n) is 5.31. The predicted molar refractivity (Wildman–Crippen MR) is 74.9 cm³/mol. The molecule has 6 heteroatoms. The zero-order chi connectivity index (χ0) is 15.4. The molecular formula is C14H20N2O4. The number of nitrogens with zero attached hydrogens (tertiary/aromatic N) is 1. The summed E-state index contributed by atoms with van der Waals surface area (Å²) in [5, 5.41) is 8.90. The van der Waals surface area contributed by atoms with E-state index in [1.807, 2.05) is 13.8 Å². The van der Waals surface area contributed by atoms with Gasteiger partial charge in [0, 0.05) is 12.2 Å². The highest BCUT2D eigenvalue weighted by Crippen LogP contribution is 2.09. The molecule has 1 aromatic rings. The number of aromatic nitrogens is 1. The Balaban J connectivity index is 3.18. The van der Waals surface area contributed by atoms with E-state index in [4.69, 9.17) is 5.11 Å². The average Bonchev–Trinajstić information content (AvgIpc) is 2.24. The minimum Gasteiger partial charge on any atom is -0.480 e. The molecular weight excluding hydrogens is 260 g/mol. The van der Waals surface area contributed by atoms with Crippen LogP contribution in [0.25, 0.3) is 0 Å². The quantitative estimate of drug-likeness (QED) is 0.847. The van der Waals surface area contributed by atoms with Gasteiger partial charge in [0.05, 0.1) is 0 Å². The number of carboxylic acid groups (broad SMARTS) is 1. The summed E-state index contributed by atoms with van der Waals surface area (Å²) in [5.41, 5.74) is 0.747. The lowest BCUT2D eigenvalue weighted by Crippen LogP contribution is -2.41. The molecule has 1 heterocycles. The Labute approximate surface area is 117 Å². The first-order valence-electron chi connectivity index (χ1n) is 6.44. The van der Waals surface area contributed by atoms with Gasteiger partial charge < -0.3 is 15.0 Å². The molecule has 0 fully saturated rings. The Hall–Kier alpha value is -2.11. The normalized spacial score (nSPS) is 10.7. The predicted octanol–water partition coefficient (Wildman–Crippen LogP) is 1.17. The van der Waals surface area contributed by atoms with Crippen molar-refractivity contribution in [1.29, 1.82) is 0 Å². The Kier molecular flexibility index (Phi) is 5.07. The number of hydrogen-bond donors (Lipinski definition) is 2. The number of nitrogens with one attached hydrogen (secondary N) is 1. The maximum absolute atomic E-state index is 12.4. The monoisotopic (exact) mass is 280 g/mol. The van der Waals surface area contributed by atoms with Crippen molar-refractivity contribution in [3.8, 4) is 0 Å². The minimum absolute atomic E-state index is 0.0116. The van der Waals surface area contributed by atoms with Gasteiger partial charge in [-0.15, -0.1) is 0 Å². The van der Waals surface area contributed by atoms with Crippen LogP contribution >= 0.6 is 0 Å². The molecule has 110 valence electrons. The number of hydrogen-bond acceptors (Lipinski definition) is 3. The molecule has 2 N–H and O–H groups in total. The van der Waals surface area contributed by atoms with Crippen molar-refractivity contribution in [1.82, 2.24) is 9.88 Å². The molecule has 6 nitrogen and oxygen atoms in total. The summed E-state index contributed by atoms with van der Waals surface area (Å²) >= 11 is 0. The molecule has 0 atom stereocenters. The lowest BCUT2D eigenvalue weighted by Gasteiger charge is -2.23. The van der Waals surface area contributed by atoms with Crippen LogP contribution in [0.4, 0.5) is 0 Å². The largest absolute Gasteiger partial charge is 0.480 e. The summed E-state index contributed by atoms with van der Waals surface area (Å²) in [6.07, 6.45) is 0. The van der Waals surface area contributed by atoms with E-state index in [1.165, 1.54) is 4.90 Å². The SMILES string of the molecule is Cc1cc(C)c(C(=O)N(CC(=O)O)CC(C)C)c(=O)[nH]1. The van der Waals surface area contributed by atoms with Crippen molar-refractivity contribution < 1.29 is 14.7 Å². The van der Waals surface area contributed by atoms with Gasteiger partial charge in [0.15, 0.2) is 0 Å². The summed E-state index contributed by atoms with van der Waals surface area (Å²) < 4.78 is 0. The van der Waals surface area contributed by atoms with Crippen molar-refractivity contribution in [3.63, 3.8) is 0 Å². The van der Waals surface area contributed by atoms with E-state index in [9.17, 15) is 14.4 Å². The lowest BCUT2D eigenvalue weighted by molar-refractivity contribution is -0.137. The minimum atomic E-state index is -1.10. The van der Waals surface area contributed by atoms with Crippen molar-refractivity contribution in [3.05, 3.63) is 33.2 Å². The highest BCUT2D eigenvalue weighted by molar-refractivity contribution is 5.96. The van der Waals surface area contributed by atoms with Gasteiger partial charge in [0.2, 0.25) is 0 Å². The van der Waals surface area contributed by atoms with Crippen LogP contribution < -0.4 is 5.56 Å². The van der Waals surface area contributed by atoms with Crippen LogP contribution in [-0.4, -0.2) is 40.0 Å². The Morgan fingerprint density at radius 1 is 1.35 bits per heavy atom. The van der Waals surface area contributed by atoms with Crippen LogP contribution in [-0.2, 0) is 4.79 Å². The van der Waals surface area contributed by atoms with Crippen molar-refractivity contribution in [2.75, 3.05) is 13.1 Å². The zero-order valence-electron chi connectivity index (χ0n) is 12.2. The molecule has 0 unspecified atom stereocenters. The summed E-state index contributed by atoms with van der Waals surface area (Å²) in [6, 6.07) is 1.70. The highest BCUT2D eigenvalue weighted by Gasteiger charge is 2.23. The molecule has 0 aliphatic carbocycles. The van der Waals surface area contributed by atoms with E-state index in [2.05, 4.69) is 4.98 Å². The van der Waals surface area contributed by atoms with Crippen LogP contribution in [0.5, 0.6) is 0 Å². The van der Waals surface area contributed by atoms with E-state index in [0.29, 0.717) is 11.3 Å². The zero-order valence-corrected chi connectivity index (χ0v) is 12.2. The van der Waals surface area contributed by atoms with Gasteiger partial charge in [-0.1, -0.05) is 13.8 Å². The summed E-state index contributed by atoms with van der Waals surface area (Å²) in [4.78, 5) is 39.0. The van der Waals surface area contributed by atoms with Gasteiger partial charge in [-0.05, 0) is 31.4 Å². The first kappa shape index (κ1) is 15.9. The number of aryl methyl sites for hydroxylation is 2. The number of amides is 1. The molecule has 0 aliphatic heterocycles. The number of carbonyl (C=O) groups excluding carboxylic acids is 1. The highest BCUT2D eigenvalue weighted by atomic mass is 16.4. The first-order chi connectivity index (χ1) is 9.22. The van der Waals surface area contributed by atoms with E-state index >= 15 is 0 Å². The number of carbonyl (C=O) groups is 2. The Morgan fingerprint density at radius 3 is 2.40 bits per heavy atom. The third kappa shape index (κ3) is 3.94. The van der Waals surface area contributed by atoms with Crippen molar-refractivity contribution in [2.45, 2.75) is 27.7 Å². The van der Waals surface area contributed by atoms with Crippen molar-refractivity contribution >= 4 is 11.9 Å². The van der Waals surface area contributed by atoms with Crippen LogP contribution in [0.3, 0.4) is 0 Å². The van der Waals surface area contributed by atoms with E-state index in [-0.39, 0.29) is 18.0 Å². The second kappa shape index (κ2) is 6.36. The van der Waals surface area contributed by atoms with Crippen LogP contribution in [0, 0.1) is 19.8 Å². The molecule has 1 aromatic heterocycles. The Morgan fingerprint density at radius 2 is 1.95 bits per heavy atom. The molecule has 0 saturated heterocycles. The molecule has 0 aliphatic rings. The fraction of sp³-hybridized carbons (Fsp3) is 0.500. The number of aliphatic carboxylic acids is 1. The molecule has 0 saturated carbocycles. The van der Waals surface area contributed by atoms with Crippen LogP contribution in [0.15, 0.2) is 10.9 Å². The smallest absolute Gasteiger partial charge is 0.323 e. The number of rotatable bonds is 5. The molecule has 1 amide bonds. The number of pyridine rings is 1. The van der Waals surface area contributed by atoms with E-state index < -0.39 is 24.0 Å². The van der Waals surface area contributed by atoms with Crippen LogP contribution in [0.2, 0.25) is 0 Å². The molecule has 0 aromatic carbocycles. The summed E-state index contributed by atoms with van der Waals surface area (Å²) in [5.74, 6) is -1.52. The van der Waals surface area contributed by atoms with Gasteiger partial charge in [-0.25, -0.2) is 0 Å². The summed E-state index contributed by atoms with van der Waals surface area (Å²) in [7, 11) is 0. The van der Waals surface area contributed by atoms with Gasteiger partial charge in [0.1, 0.15) is 12.1 Å². The third-order valence-electron chi connectivity index (χ3n) is 2.78. The fourth-order valence-electron chi connectivity index (χ4n) is 2.10.